The van der Waals surface area contributed by atoms with Crippen molar-refractivity contribution in [3.05, 3.63) is 83.1 Å². The quantitative estimate of drug-likeness (QED) is 0.768. The van der Waals surface area contributed by atoms with Crippen LogP contribution in [0.1, 0.15) is 18.4 Å². The Labute approximate surface area is 166 Å². The first-order valence-corrected chi connectivity index (χ1v) is 9.90. The van der Waals surface area contributed by atoms with E-state index < -0.39 is 0 Å². The molecule has 0 radical (unpaired) electrons. The van der Waals surface area contributed by atoms with Crippen LogP contribution in [-0.2, 0) is 4.74 Å². The molecule has 2 aliphatic rings. The molecule has 0 atom stereocenters. The molecule has 1 aliphatic heterocycles. The Morgan fingerprint density at radius 2 is 1.59 bits per heavy atom. The number of nitrogens with one attached hydrogen (secondary N) is 1. The zero-order valence-corrected chi connectivity index (χ0v) is 16.2. The van der Waals surface area contributed by atoms with Gasteiger partial charge in [-0.1, -0.05) is 60.7 Å². The van der Waals surface area contributed by atoms with Crippen LogP contribution >= 0.6 is 12.2 Å². The lowest BCUT2D eigenvalue weighted by Crippen LogP contribution is -2.36. The third-order valence-corrected chi connectivity index (χ3v) is 5.36. The minimum absolute atomic E-state index is 0.772. The second-order valence-electron chi connectivity index (χ2n) is 6.83. The van der Waals surface area contributed by atoms with Crippen LogP contribution in [0.3, 0.4) is 0 Å². The lowest BCUT2D eigenvalue weighted by atomic mass is 10.1. The number of anilines is 1. The summed E-state index contributed by atoms with van der Waals surface area (Å²) < 4.78 is 5.57. The number of thiocarbonyl (C=S) groups is 1. The van der Waals surface area contributed by atoms with Gasteiger partial charge in [-0.15, -0.1) is 0 Å². The molecule has 1 fully saturated rings. The van der Waals surface area contributed by atoms with E-state index in [2.05, 4.69) is 58.8 Å². The van der Waals surface area contributed by atoms with Crippen molar-refractivity contribution in [2.45, 2.75) is 12.8 Å². The Kier molecular flexibility index (Phi) is 5.66. The van der Waals surface area contributed by atoms with E-state index >= 15 is 0 Å². The fourth-order valence-corrected chi connectivity index (χ4v) is 4.03. The molecule has 0 bridgehead atoms. The van der Waals surface area contributed by atoms with E-state index in [4.69, 9.17) is 17.0 Å². The van der Waals surface area contributed by atoms with E-state index in [9.17, 15) is 0 Å². The molecule has 0 amide bonds. The number of hydrogen-bond donors (Lipinski definition) is 1. The number of hydrogen-bond acceptors (Lipinski definition) is 3. The van der Waals surface area contributed by atoms with Gasteiger partial charge in [0.2, 0.25) is 0 Å². The molecule has 27 heavy (non-hydrogen) atoms. The van der Waals surface area contributed by atoms with Crippen molar-refractivity contribution < 1.29 is 4.74 Å². The minimum atomic E-state index is 0.772. The summed E-state index contributed by atoms with van der Waals surface area (Å²) in [5.74, 6) is 0. The van der Waals surface area contributed by atoms with Gasteiger partial charge in [0.1, 0.15) is 4.99 Å². The molecule has 0 saturated carbocycles. The van der Waals surface area contributed by atoms with Crippen molar-refractivity contribution in [2.24, 2.45) is 0 Å². The number of rotatable bonds is 4. The summed E-state index contributed by atoms with van der Waals surface area (Å²) in [6.45, 7) is 3.38. The predicted molar refractivity (Wildman–Crippen MR) is 116 cm³/mol. The second kappa shape index (κ2) is 8.51. The lowest BCUT2D eigenvalue weighted by molar-refractivity contribution is 0.0548. The topological polar surface area (TPSA) is 24.5 Å². The van der Waals surface area contributed by atoms with Gasteiger partial charge in [-0.2, -0.15) is 0 Å². The third kappa shape index (κ3) is 4.29. The fourth-order valence-electron chi connectivity index (χ4n) is 3.71. The number of allylic oxidation sites excluding steroid dienone is 1. The van der Waals surface area contributed by atoms with Crippen molar-refractivity contribution in [1.82, 2.24) is 4.90 Å². The van der Waals surface area contributed by atoms with Gasteiger partial charge in [-0.25, -0.2) is 0 Å². The van der Waals surface area contributed by atoms with E-state index in [0.29, 0.717) is 0 Å². The molecular formula is C23H24N2OS. The molecule has 1 N–H and O–H groups in total. The first-order valence-electron chi connectivity index (χ1n) is 9.49. The zero-order chi connectivity index (χ0) is 18.5. The maximum atomic E-state index is 5.81. The van der Waals surface area contributed by atoms with Crippen molar-refractivity contribution in [1.29, 1.82) is 0 Å². The maximum absolute atomic E-state index is 5.81. The van der Waals surface area contributed by atoms with Crippen molar-refractivity contribution in [2.75, 3.05) is 31.6 Å². The summed E-state index contributed by atoms with van der Waals surface area (Å²) >= 11 is 5.81. The van der Waals surface area contributed by atoms with Gasteiger partial charge in [0.15, 0.2) is 0 Å². The molecule has 1 heterocycles. The first-order chi connectivity index (χ1) is 13.3. The summed E-state index contributed by atoms with van der Waals surface area (Å²) in [5, 5.41) is 3.43. The molecule has 2 aromatic rings. The zero-order valence-electron chi connectivity index (χ0n) is 15.4. The average Bonchev–Trinajstić information content (AvgIpc) is 3.14. The molecule has 0 spiro atoms. The molecular weight excluding hydrogens is 352 g/mol. The monoisotopic (exact) mass is 376 g/mol. The summed E-state index contributed by atoms with van der Waals surface area (Å²) in [4.78, 5) is 3.28. The van der Waals surface area contributed by atoms with Gasteiger partial charge in [0, 0.05) is 30.0 Å². The van der Waals surface area contributed by atoms with Crippen LogP contribution in [0, 0.1) is 0 Å². The molecule has 2 aromatic carbocycles. The third-order valence-electron chi connectivity index (χ3n) is 5.01. The standard InChI is InChI=1S/C23H24N2OS/c27-23(24-20-9-5-2-6-10-20)21-12-11-19(17-18-7-3-1-4-8-18)22(21)25-13-15-26-16-14-25/h1-10,17H,11-16H2,(H,24,27). The van der Waals surface area contributed by atoms with E-state index in [-0.39, 0.29) is 0 Å². The van der Waals surface area contributed by atoms with E-state index in [1.54, 1.807) is 0 Å². The number of ether oxygens (including phenoxy) is 1. The molecule has 138 valence electrons. The smallest absolute Gasteiger partial charge is 0.108 e. The molecule has 1 saturated heterocycles. The van der Waals surface area contributed by atoms with Crippen LogP contribution in [0.15, 0.2) is 77.5 Å². The minimum Gasteiger partial charge on any atom is -0.378 e. The average molecular weight is 377 g/mol. The molecule has 4 rings (SSSR count). The summed E-state index contributed by atoms with van der Waals surface area (Å²) in [6, 6.07) is 20.7. The fraction of sp³-hybridized carbons (Fsp3) is 0.261. The predicted octanol–water partition coefficient (Wildman–Crippen LogP) is 4.89. The number of morpholine rings is 1. The van der Waals surface area contributed by atoms with Gasteiger partial charge in [0.05, 0.1) is 13.2 Å². The number of para-hydroxylation sites is 1. The number of benzene rings is 2. The van der Waals surface area contributed by atoms with Gasteiger partial charge in [-0.3, -0.25) is 0 Å². The normalized spacial score (nSPS) is 18.8. The van der Waals surface area contributed by atoms with Gasteiger partial charge < -0.3 is 15.0 Å². The highest BCUT2D eigenvalue weighted by Crippen LogP contribution is 2.36. The molecule has 1 aliphatic carbocycles. The van der Waals surface area contributed by atoms with Crippen LogP contribution in [0.2, 0.25) is 0 Å². The largest absolute Gasteiger partial charge is 0.378 e. The second-order valence-corrected chi connectivity index (χ2v) is 7.24. The van der Waals surface area contributed by atoms with Crippen LogP contribution in [0.25, 0.3) is 6.08 Å². The van der Waals surface area contributed by atoms with Crippen LogP contribution in [0.5, 0.6) is 0 Å². The Hall–Kier alpha value is -2.43. The molecule has 0 unspecified atom stereocenters. The Balaban J connectivity index is 1.67. The van der Waals surface area contributed by atoms with E-state index in [0.717, 1.165) is 49.8 Å². The highest BCUT2D eigenvalue weighted by Gasteiger charge is 2.28. The Morgan fingerprint density at radius 1 is 0.926 bits per heavy atom. The molecule has 4 heteroatoms. The van der Waals surface area contributed by atoms with E-state index in [1.807, 2.05) is 18.2 Å². The van der Waals surface area contributed by atoms with Gasteiger partial charge >= 0.3 is 0 Å². The first kappa shape index (κ1) is 18.0. The summed E-state index contributed by atoms with van der Waals surface area (Å²) in [5.41, 5.74) is 6.20. The lowest BCUT2D eigenvalue weighted by Gasteiger charge is -2.32. The number of nitrogens with zero attached hydrogens (tertiary/aromatic N) is 1. The van der Waals surface area contributed by atoms with Crippen LogP contribution in [0.4, 0.5) is 5.69 Å². The molecule has 3 nitrogen and oxygen atoms in total. The van der Waals surface area contributed by atoms with Crippen molar-refractivity contribution in [3.8, 4) is 0 Å². The Morgan fingerprint density at radius 3 is 2.30 bits per heavy atom. The van der Waals surface area contributed by atoms with Gasteiger partial charge in [-0.05, 0) is 42.2 Å². The van der Waals surface area contributed by atoms with Crippen molar-refractivity contribution in [3.63, 3.8) is 0 Å². The summed E-state index contributed by atoms with van der Waals surface area (Å²) in [7, 11) is 0. The van der Waals surface area contributed by atoms with Crippen LogP contribution < -0.4 is 5.32 Å². The van der Waals surface area contributed by atoms with Crippen molar-refractivity contribution >= 4 is 29.0 Å². The SMILES string of the molecule is S=C(Nc1ccccc1)C1=C(N2CCOCC2)C(=Cc2ccccc2)CC1. The van der Waals surface area contributed by atoms with Crippen LogP contribution in [-0.4, -0.2) is 36.2 Å². The van der Waals surface area contributed by atoms with E-state index in [1.165, 1.54) is 22.4 Å². The highest BCUT2D eigenvalue weighted by atomic mass is 32.1. The Bertz CT molecular complexity index is 852. The molecule has 0 aromatic heterocycles. The maximum Gasteiger partial charge on any atom is 0.108 e. The summed E-state index contributed by atoms with van der Waals surface area (Å²) in [6.07, 6.45) is 4.31. The highest BCUT2D eigenvalue weighted by molar-refractivity contribution is 7.81. The van der Waals surface area contributed by atoms with Gasteiger partial charge in [0.25, 0.3) is 0 Å².